The van der Waals surface area contributed by atoms with E-state index in [2.05, 4.69) is 40.0 Å². The van der Waals surface area contributed by atoms with Gasteiger partial charge in [0.1, 0.15) is 6.04 Å². The monoisotopic (exact) mass is 479 g/mol. The highest BCUT2D eigenvalue weighted by Crippen LogP contribution is 2.42. The SMILES string of the molecule is CCCCCN1CC(=O)N2[C@H](c3cccc(Br)c3)c3[nH]c4ccccc4c3C[C@H]2C1=O. The summed E-state index contributed by atoms with van der Waals surface area (Å²) >= 11 is 3.57. The Labute approximate surface area is 190 Å². The molecule has 3 heterocycles. The van der Waals surface area contributed by atoms with E-state index >= 15 is 0 Å². The molecule has 0 saturated carbocycles. The summed E-state index contributed by atoms with van der Waals surface area (Å²) in [5, 5.41) is 1.14. The van der Waals surface area contributed by atoms with Gasteiger partial charge in [0.2, 0.25) is 11.8 Å². The van der Waals surface area contributed by atoms with Crippen molar-refractivity contribution >= 4 is 38.6 Å². The highest BCUT2D eigenvalue weighted by Gasteiger charge is 2.48. The van der Waals surface area contributed by atoms with Crippen molar-refractivity contribution in [3.05, 3.63) is 69.8 Å². The first-order valence-electron chi connectivity index (χ1n) is 11.0. The molecular weight excluding hydrogens is 454 g/mol. The summed E-state index contributed by atoms with van der Waals surface area (Å²) in [5.41, 5.74) is 4.23. The number of rotatable bonds is 5. The number of unbranched alkanes of at least 4 members (excludes halogenated alkanes) is 2. The molecule has 0 unspecified atom stereocenters. The van der Waals surface area contributed by atoms with Crippen molar-refractivity contribution < 1.29 is 9.59 Å². The fraction of sp³-hybridized carbons (Fsp3) is 0.360. The molecule has 5 rings (SSSR count). The number of H-pyrrole nitrogens is 1. The van der Waals surface area contributed by atoms with E-state index in [0.717, 1.165) is 51.5 Å². The number of hydrogen-bond acceptors (Lipinski definition) is 2. The van der Waals surface area contributed by atoms with E-state index in [1.54, 1.807) is 4.90 Å². The molecule has 2 aromatic carbocycles. The number of amides is 2. The lowest BCUT2D eigenvalue weighted by atomic mass is 9.86. The van der Waals surface area contributed by atoms with Crippen LogP contribution in [0.4, 0.5) is 0 Å². The lowest BCUT2D eigenvalue weighted by Gasteiger charge is -2.47. The third-order valence-corrected chi connectivity index (χ3v) is 7.03. The standard InChI is InChI=1S/C25H26BrN3O2/c1-2-3-6-12-28-15-22(30)29-21(25(28)31)14-19-18-10-4-5-11-20(18)27-23(19)24(29)16-8-7-9-17(26)13-16/h4-5,7-11,13,21,24,27H,2-3,6,12,14-15H2,1H3/t21-,24+/m0/s1. The Hall–Kier alpha value is -2.60. The van der Waals surface area contributed by atoms with Gasteiger partial charge in [0.25, 0.3) is 0 Å². The van der Waals surface area contributed by atoms with Crippen LogP contribution < -0.4 is 0 Å². The molecular formula is C25H26BrN3O2. The molecule has 0 bridgehead atoms. The second kappa shape index (κ2) is 8.15. The largest absolute Gasteiger partial charge is 0.356 e. The highest BCUT2D eigenvalue weighted by molar-refractivity contribution is 9.10. The maximum atomic E-state index is 13.5. The summed E-state index contributed by atoms with van der Waals surface area (Å²) in [6.45, 7) is 2.97. The fourth-order valence-electron chi connectivity index (χ4n) is 5.09. The van der Waals surface area contributed by atoms with Gasteiger partial charge < -0.3 is 14.8 Å². The molecule has 1 aromatic heterocycles. The van der Waals surface area contributed by atoms with Gasteiger partial charge in [0.05, 0.1) is 12.6 Å². The van der Waals surface area contributed by atoms with Gasteiger partial charge >= 0.3 is 0 Å². The van der Waals surface area contributed by atoms with Gasteiger partial charge in [-0.05, 0) is 35.7 Å². The molecule has 2 aliphatic rings. The number of carbonyl (C=O) groups is 2. The van der Waals surface area contributed by atoms with Crippen molar-refractivity contribution in [3.8, 4) is 0 Å². The zero-order valence-electron chi connectivity index (χ0n) is 17.6. The first-order chi connectivity index (χ1) is 15.1. The third-order valence-electron chi connectivity index (χ3n) is 6.54. The van der Waals surface area contributed by atoms with Gasteiger partial charge in [-0.15, -0.1) is 0 Å². The van der Waals surface area contributed by atoms with Crippen LogP contribution in [0.25, 0.3) is 10.9 Å². The van der Waals surface area contributed by atoms with Crippen LogP contribution in [-0.4, -0.2) is 45.7 Å². The molecule has 2 aliphatic heterocycles. The van der Waals surface area contributed by atoms with E-state index in [9.17, 15) is 9.59 Å². The van der Waals surface area contributed by atoms with Crippen molar-refractivity contribution in [2.75, 3.05) is 13.1 Å². The van der Waals surface area contributed by atoms with Crippen LogP contribution in [0.3, 0.4) is 0 Å². The molecule has 1 N–H and O–H groups in total. The van der Waals surface area contributed by atoms with Crippen molar-refractivity contribution in [1.82, 2.24) is 14.8 Å². The van der Waals surface area contributed by atoms with Crippen LogP contribution >= 0.6 is 15.9 Å². The smallest absolute Gasteiger partial charge is 0.246 e. The molecule has 0 spiro atoms. The molecule has 2 atom stereocenters. The zero-order valence-corrected chi connectivity index (χ0v) is 19.2. The number of para-hydroxylation sites is 1. The number of fused-ring (bicyclic) bond motifs is 4. The predicted octanol–water partition coefficient (Wildman–Crippen LogP) is 4.81. The Morgan fingerprint density at radius 2 is 1.94 bits per heavy atom. The molecule has 6 heteroatoms. The number of nitrogens with one attached hydrogen (secondary N) is 1. The van der Waals surface area contributed by atoms with Gasteiger partial charge in [-0.1, -0.05) is 66.0 Å². The van der Waals surface area contributed by atoms with Gasteiger partial charge in [0, 0.05) is 34.0 Å². The normalized spacial score (nSPS) is 20.8. The van der Waals surface area contributed by atoms with E-state index in [4.69, 9.17) is 0 Å². The average molecular weight is 480 g/mol. The molecule has 0 aliphatic carbocycles. The predicted molar refractivity (Wildman–Crippen MR) is 125 cm³/mol. The first kappa shape index (κ1) is 20.3. The summed E-state index contributed by atoms with van der Waals surface area (Å²) < 4.78 is 0.960. The molecule has 160 valence electrons. The van der Waals surface area contributed by atoms with Gasteiger partial charge in [-0.3, -0.25) is 9.59 Å². The van der Waals surface area contributed by atoms with Crippen LogP contribution in [0.15, 0.2) is 53.0 Å². The number of piperazine rings is 1. The Bertz CT molecular complexity index is 1150. The van der Waals surface area contributed by atoms with Crippen LogP contribution in [-0.2, 0) is 16.0 Å². The average Bonchev–Trinajstić information content (AvgIpc) is 3.14. The summed E-state index contributed by atoms with van der Waals surface area (Å²) in [7, 11) is 0. The minimum Gasteiger partial charge on any atom is -0.356 e. The maximum Gasteiger partial charge on any atom is 0.246 e. The topological polar surface area (TPSA) is 56.4 Å². The summed E-state index contributed by atoms with van der Waals surface area (Å²) in [6, 6.07) is 15.5. The number of halogens is 1. The number of carbonyl (C=O) groups excluding carboxylic acids is 2. The van der Waals surface area contributed by atoms with Crippen LogP contribution in [0.2, 0.25) is 0 Å². The van der Waals surface area contributed by atoms with Gasteiger partial charge in [0.15, 0.2) is 0 Å². The van der Waals surface area contributed by atoms with Crippen molar-refractivity contribution in [2.45, 2.75) is 44.7 Å². The van der Waals surface area contributed by atoms with E-state index in [1.165, 1.54) is 0 Å². The van der Waals surface area contributed by atoms with Gasteiger partial charge in [-0.2, -0.15) is 0 Å². The minimum absolute atomic E-state index is 0.0235. The van der Waals surface area contributed by atoms with E-state index < -0.39 is 6.04 Å². The van der Waals surface area contributed by atoms with Crippen molar-refractivity contribution in [1.29, 1.82) is 0 Å². The van der Waals surface area contributed by atoms with Crippen molar-refractivity contribution in [3.63, 3.8) is 0 Å². The Kier molecular flexibility index (Phi) is 5.34. The first-order valence-corrected chi connectivity index (χ1v) is 11.8. The number of aromatic amines is 1. The van der Waals surface area contributed by atoms with E-state index in [0.29, 0.717) is 13.0 Å². The number of nitrogens with zero attached hydrogens (tertiary/aromatic N) is 2. The summed E-state index contributed by atoms with van der Waals surface area (Å²) in [4.78, 5) is 34.1. The number of hydrogen-bond donors (Lipinski definition) is 1. The zero-order chi connectivity index (χ0) is 21.5. The summed E-state index contributed by atoms with van der Waals surface area (Å²) in [5.74, 6) is 0.0991. The molecule has 1 saturated heterocycles. The third kappa shape index (κ3) is 3.47. The quantitative estimate of drug-likeness (QED) is 0.534. The second-order valence-electron chi connectivity index (χ2n) is 8.51. The Balaban J connectivity index is 1.62. The second-order valence-corrected chi connectivity index (χ2v) is 9.42. The number of benzene rings is 2. The van der Waals surface area contributed by atoms with Crippen molar-refractivity contribution in [2.24, 2.45) is 0 Å². The van der Waals surface area contributed by atoms with E-state index in [-0.39, 0.29) is 24.4 Å². The lowest BCUT2D eigenvalue weighted by Crippen LogP contribution is -2.63. The van der Waals surface area contributed by atoms with Gasteiger partial charge in [-0.25, -0.2) is 0 Å². The molecule has 3 aromatic rings. The lowest BCUT2D eigenvalue weighted by molar-refractivity contribution is -0.158. The highest BCUT2D eigenvalue weighted by atomic mass is 79.9. The molecule has 2 amide bonds. The van der Waals surface area contributed by atoms with Crippen LogP contribution in [0.5, 0.6) is 0 Å². The molecule has 31 heavy (non-hydrogen) atoms. The summed E-state index contributed by atoms with van der Waals surface area (Å²) in [6.07, 6.45) is 3.66. The molecule has 5 nitrogen and oxygen atoms in total. The Morgan fingerprint density at radius 1 is 1.10 bits per heavy atom. The fourth-order valence-corrected chi connectivity index (χ4v) is 5.51. The number of aromatic nitrogens is 1. The van der Waals surface area contributed by atoms with Crippen LogP contribution in [0, 0.1) is 0 Å². The molecule has 1 fully saturated rings. The molecule has 0 radical (unpaired) electrons. The van der Waals surface area contributed by atoms with Crippen LogP contribution in [0.1, 0.15) is 49.0 Å². The maximum absolute atomic E-state index is 13.5. The van der Waals surface area contributed by atoms with E-state index in [1.807, 2.05) is 41.3 Å². The Morgan fingerprint density at radius 3 is 2.74 bits per heavy atom. The minimum atomic E-state index is -0.460.